The van der Waals surface area contributed by atoms with Crippen LogP contribution in [0.1, 0.15) is 191 Å². The van der Waals surface area contributed by atoms with Crippen LogP contribution in [-0.4, -0.2) is 185 Å². The summed E-state index contributed by atoms with van der Waals surface area (Å²) in [7, 11) is 0.0879. The predicted octanol–water partition coefficient (Wildman–Crippen LogP) is 14.5. The van der Waals surface area contributed by atoms with Crippen molar-refractivity contribution in [2.24, 2.45) is 0 Å². The van der Waals surface area contributed by atoms with E-state index in [1.54, 1.807) is 85.7 Å². The number of ether oxygens (including phenoxy) is 6. The SMILES string of the molecule is CC/C(B(O)O)=C(/c1ccc(OCCN(C/C=C/C(=O)NC)C(=O)OC(C)(C)C)cc1)c1ccc2c(c1)c(F)nn2C1CCCCO1.CC/C(B1OC(C)(C)C(C)(C)O1)=C(/B1OC(C)(C)C(C)(C)O1)c1ccc2c(c1)c(F)nn2C1CCCCO1.CNC(=O)/C=C/CN(CCOc1ccc(I)cc1)C(=O)OC(C)(C)C. The average Bonchev–Trinajstić information content (AvgIpc) is 1.58. The molecule has 4 amide bonds. The Bertz CT molecular complexity index is 4220. The monoisotopic (exact) mass is 1640 g/mol. The lowest BCUT2D eigenvalue weighted by molar-refractivity contribution is -0.116. The fraction of sp³-hybridized carbons (Fsp3) is 0.525. The van der Waals surface area contributed by atoms with Gasteiger partial charge in [-0.3, -0.25) is 9.59 Å². The molecule has 4 aromatic carbocycles. The van der Waals surface area contributed by atoms with Crippen molar-refractivity contribution in [1.82, 2.24) is 40.0 Å². The third kappa shape index (κ3) is 23.2. The van der Waals surface area contributed by atoms with Crippen LogP contribution in [0, 0.1) is 15.5 Å². The number of likely N-dealkylation sites (N-methyl/N-ethyl adjacent to an activating group) is 2. The van der Waals surface area contributed by atoms with Gasteiger partial charge >= 0.3 is 33.5 Å². The molecule has 0 spiro atoms. The standard InChI is InChI=1S/C34H44BFN4O7.C28H41B2FN2O5.C18H25IN2O4/c1-6-27(35(43)44)31(24-14-17-28-26(22-24)32(36)38-40(28)30-11-7-8-20-46-30)23-12-15-25(16-13-23)45-21-19-39(18-9-10-29(41)37-5)33(42)47-34(2,3)4;1-10-20(29-35-25(2,3)26(4,5)36-29)23(30-37-27(6,7)28(8,9)38-30)18-14-15-21-19(17-18)24(31)32-33(21)22-13-11-12-16-34-22;1-18(2,3)25-17(23)21(11-5-6-16(22)20-4)12-13-24-15-9-7-14(19)8-10-15/h9-10,12-17,22,30,43-44H,6-8,11,18-21H2,1-5H3,(H,37,41);14-15,17,22H,10-13,16H2,1-9H3;5-10H,11-13H2,1-4H3,(H,20,22)/b10-9+,31-27+;23-20-;6-5+. The highest BCUT2D eigenvalue weighted by atomic mass is 127. The zero-order valence-corrected chi connectivity index (χ0v) is 69.2. The Labute approximate surface area is 660 Å². The normalized spacial score (nSPS) is 18.5. The number of hydrogen-bond acceptors (Lipinski definition) is 18. The second-order valence-electron chi connectivity index (χ2n) is 31.2. The van der Waals surface area contributed by atoms with Crippen LogP contribution in [0.15, 0.2) is 120 Å². The van der Waals surface area contributed by atoms with Crippen LogP contribution in [0.2, 0.25) is 0 Å². The van der Waals surface area contributed by atoms with Crippen molar-refractivity contribution in [2.75, 3.05) is 66.7 Å². The Morgan fingerprint density at radius 2 is 1.00 bits per heavy atom. The number of amides is 4. The minimum Gasteiger partial charge on any atom is -0.492 e. The van der Waals surface area contributed by atoms with E-state index in [2.05, 4.69) is 50.3 Å². The number of halogens is 3. The molecule has 2 aromatic heterocycles. The molecule has 6 aromatic rings. The Hall–Kier alpha value is -7.68. The molecular weight excluding hydrogens is 1530 g/mol. The van der Waals surface area contributed by atoms with Gasteiger partial charge in [0, 0.05) is 56.1 Å². The lowest BCUT2D eigenvalue weighted by Gasteiger charge is -2.32. The number of hydrogen-bond donors (Lipinski definition) is 4. The molecule has 24 nitrogen and oxygen atoms in total. The molecule has 30 heteroatoms. The van der Waals surface area contributed by atoms with E-state index in [4.69, 9.17) is 47.0 Å². The van der Waals surface area contributed by atoms with E-state index in [1.807, 2.05) is 132 Å². The summed E-state index contributed by atoms with van der Waals surface area (Å²) in [4.78, 5) is 50.8. The molecule has 2 unspecified atom stereocenters. The summed E-state index contributed by atoms with van der Waals surface area (Å²) >= 11 is 2.22. The van der Waals surface area contributed by atoms with Gasteiger partial charge in [-0.2, -0.15) is 8.78 Å². The lowest BCUT2D eigenvalue weighted by Crippen LogP contribution is -2.41. The third-order valence-electron chi connectivity index (χ3n) is 19.7. The largest absolute Gasteiger partial charge is 0.494 e. The zero-order valence-electron chi connectivity index (χ0n) is 67.0. The summed E-state index contributed by atoms with van der Waals surface area (Å²) in [5, 5.41) is 34.7. The Balaban J connectivity index is 0.000000217. The van der Waals surface area contributed by atoms with Crippen molar-refractivity contribution in [1.29, 1.82) is 0 Å². The highest BCUT2D eigenvalue weighted by Crippen LogP contribution is 2.46. The summed E-state index contributed by atoms with van der Waals surface area (Å²) in [5.41, 5.74) is 2.70. The first-order chi connectivity index (χ1) is 51.8. The molecule has 110 heavy (non-hydrogen) atoms. The first-order valence-corrected chi connectivity index (χ1v) is 38.8. The maximum Gasteiger partial charge on any atom is 0.494 e. The van der Waals surface area contributed by atoms with Crippen molar-refractivity contribution in [3.63, 3.8) is 0 Å². The quantitative estimate of drug-likeness (QED) is 0.0249. The summed E-state index contributed by atoms with van der Waals surface area (Å²) in [6, 6.07) is 25.8. The first-order valence-electron chi connectivity index (χ1n) is 37.8. The van der Waals surface area contributed by atoms with Crippen LogP contribution < -0.4 is 20.1 Å². The molecule has 596 valence electrons. The molecule has 4 aliphatic heterocycles. The maximum absolute atomic E-state index is 15.3. The second-order valence-corrected chi connectivity index (χ2v) is 32.5. The van der Waals surface area contributed by atoms with E-state index < -0.39 is 79.0 Å². The molecule has 4 saturated heterocycles. The van der Waals surface area contributed by atoms with Crippen molar-refractivity contribution in [3.05, 3.63) is 152 Å². The average molecular weight is 1640 g/mol. The lowest BCUT2D eigenvalue weighted by atomic mass is 9.61. The first kappa shape index (κ1) is 87.9. The second kappa shape index (κ2) is 38.2. The van der Waals surface area contributed by atoms with Crippen molar-refractivity contribution < 1.29 is 85.0 Å². The molecule has 4 fully saturated rings. The van der Waals surface area contributed by atoms with Gasteiger partial charge in [0.1, 0.15) is 35.9 Å². The molecule has 0 bridgehead atoms. The number of allylic oxidation sites excluding steroid dienone is 2. The molecular formula is C80H110B3F2IN8O16. The van der Waals surface area contributed by atoms with E-state index in [0.717, 1.165) is 64.4 Å². The van der Waals surface area contributed by atoms with Gasteiger partial charge in [-0.15, -0.1) is 10.2 Å². The highest BCUT2D eigenvalue weighted by Gasteiger charge is 2.57. The number of fused-ring (bicyclic) bond motifs is 2. The minimum absolute atomic E-state index is 0.148. The van der Waals surface area contributed by atoms with E-state index >= 15 is 8.78 Å². The number of aromatic nitrogens is 4. The molecule has 10 rings (SSSR count). The molecule has 0 saturated carbocycles. The van der Waals surface area contributed by atoms with Crippen molar-refractivity contribution >= 4 is 101 Å². The maximum atomic E-state index is 15.3. The molecule has 0 aliphatic carbocycles. The highest BCUT2D eigenvalue weighted by molar-refractivity contribution is 14.1. The van der Waals surface area contributed by atoms with Crippen LogP contribution in [0.3, 0.4) is 0 Å². The molecule has 2 atom stereocenters. The van der Waals surface area contributed by atoms with Crippen LogP contribution in [-0.2, 0) is 47.2 Å². The smallest absolute Gasteiger partial charge is 0.492 e. The van der Waals surface area contributed by atoms with Crippen LogP contribution in [0.25, 0.3) is 32.9 Å². The van der Waals surface area contributed by atoms with E-state index in [0.29, 0.717) is 88.9 Å². The number of nitrogens with one attached hydrogen (secondary N) is 2. The van der Waals surface area contributed by atoms with E-state index in [-0.39, 0.29) is 50.5 Å². The Morgan fingerprint density at radius 1 is 0.600 bits per heavy atom. The summed E-state index contributed by atoms with van der Waals surface area (Å²) < 4.78 is 95.1. The summed E-state index contributed by atoms with van der Waals surface area (Å²) in [6.07, 6.45) is 10.9. The Kier molecular flexibility index (Phi) is 30.5. The fourth-order valence-electron chi connectivity index (χ4n) is 12.4. The molecule has 0 radical (unpaired) electrons. The van der Waals surface area contributed by atoms with E-state index in [1.165, 1.54) is 29.0 Å². The molecule has 4 N–H and O–H groups in total. The molecule has 6 heterocycles. The minimum atomic E-state index is -1.72. The van der Waals surface area contributed by atoms with Crippen molar-refractivity contribution in [2.45, 2.75) is 208 Å². The number of nitrogens with zero attached hydrogens (tertiary/aromatic N) is 6. The summed E-state index contributed by atoms with van der Waals surface area (Å²) in [5.74, 6) is -0.377. The number of carbonyl (C=O) groups is 4. The van der Waals surface area contributed by atoms with Gasteiger partial charge in [0.2, 0.25) is 23.7 Å². The predicted molar refractivity (Wildman–Crippen MR) is 432 cm³/mol. The van der Waals surface area contributed by atoms with Gasteiger partial charge in [0.25, 0.3) is 0 Å². The molecule has 4 aliphatic rings. The van der Waals surface area contributed by atoms with Gasteiger partial charge < -0.3 is 77.5 Å². The number of rotatable bonds is 24. The summed E-state index contributed by atoms with van der Waals surface area (Å²) in [6.45, 7) is 33.6. The topological polar surface area (TPSA) is 267 Å². The number of benzene rings is 4. The van der Waals surface area contributed by atoms with Gasteiger partial charge in [-0.1, -0.05) is 50.3 Å². The van der Waals surface area contributed by atoms with Gasteiger partial charge in [-0.25, -0.2) is 19.0 Å². The third-order valence-corrected chi connectivity index (χ3v) is 20.5. The van der Waals surface area contributed by atoms with Crippen LogP contribution in [0.4, 0.5) is 18.4 Å². The van der Waals surface area contributed by atoms with Crippen molar-refractivity contribution in [3.8, 4) is 11.5 Å². The zero-order chi connectivity index (χ0) is 80.7. The van der Waals surface area contributed by atoms with Gasteiger partial charge in [0.05, 0.1) is 57.3 Å². The number of carbonyl (C=O) groups excluding carboxylic acids is 4. The van der Waals surface area contributed by atoms with Crippen LogP contribution >= 0.6 is 22.6 Å². The Morgan fingerprint density at radius 3 is 1.38 bits per heavy atom. The van der Waals surface area contributed by atoms with Crippen LogP contribution in [0.5, 0.6) is 11.5 Å². The van der Waals surface area contributed by atoms with E-state index in [9.17, 15) is 29.2 Å². The fourth-order valence-corrected chi connectivity index (χ4v) is 12.8. The van der Waals surface area contributed by atoms with Gasteiger partial charge in [-0.05, 0) is 270 Å². The van der Waals surface area contributed by atoms with Gasteiger partial charge in [0.15, 0.2) is 12.5 Å².